The summed E-state index contributed by atoms with van der Waals surface area (Å²) in [6, 6.07) is 0. The number of ether oxygens (including phenoxy) is 5. The van der Waals surface area contributed by atoms with Crippen molar-refractivity contribution in [2.24, 2.45) is 0 Å². The molecule has 1 rings (SSSR count). The number of aliphatic hydroxyl groups is 2. The number of carbonyl (C=O) groups excluding carboxylic acids is 3. The van der Waals surface area contributed by atoms with E-state index in [2.05, 4.69) is 130 Å². The van der Waals surface area contributed by atoms with E-state index in [1.54, 1.807) is 0 Å². The maximum atomic E-state index is 13.2. The van der Waals surface area contributed by atoms with Crippen LogP contribution in [0.2, 0.25) is 0 Å². The summed E-state index contributed by atoms with van der Waals surface area (Å²) in [5, 5.41) is 31.6. The van der Waals surface area contributed by atoms with Crippen molar-refractivity contribution in [3.63, 3.8) is 0 Å². The molecule has 1 fully saturated rings. The van der Waals surface area contributed by atoms with Crippen molar-refractivity contribution >= 4 is 23.9 Å². The lowest BCUT2D eigenvalue weighted by Gasteiger charge is -2.40. The maximum Gasteiger partial charge on any atom is 0.335 e. The van der Waals surface area contributed by atoms with E-state index >= 15 is 0 Å². The van der Waals surface area contributed by atoms with Gasteiger partial charge in [-0.2, -0.15) is 0 Å². The summed E-state index contributed by atoms with van der Waals surface area (Å²) < 4.78 is 28.5. The molecule has 0 radical (unpaired) electrons. The predicted octanol–water partition coefficient (Wildman–Crippen LogP) is 17.0. The number of hydrogen-bond acceptors (Lipinski definition) is 11. The van der Waals surface area contributed by atoms with E-state index in [9.17, 15) is 34.5 Å². The van der Waals surface area contributed by atoms with Gasteiger partial charge in [-0.25, -0.2) is 4.79 Å². The molecule has 81 heavy (non-hydrogen) atoms. The van der Waals surface area contributed by atoms with E-state index in [0.29, 0.717) is 19.3 Å². The molecule has 0 aliphatic carbocycles. The van der Waals surface area contributed by atoms with Crippen LogP contribution in [-0.2, 0) is 42.9 Å². The van der Waals surface area contributed by atoms with Gasteiger partial charge in [0.25, 0.3) is 0 Å². The standard InChI is InChI=1S/C69H112O12/c1-4-7-10-13-16-19-22-25-28-30-31-33-36-39-42-45-48-51-54-57-63(72)80-67-65(74)64(73)66(68(75)76)81-69(67)78-59-60(79-62(71)56-53-50-47-44-41-38-34-27-24-21-18-15-12-9-6-3)58-77-61(70)55-52-49-46-43-40-37-35-32-29-26-23-20-17-14-11-8-5-2/h7-8,10-11,16-17,19-20,25-29,31,33-34,39,42,60,64-67,69,73-74H,4-6,9,12-15,18,21-24,30,32,35-38,40-41,43-59H2,1-3H3,(H,75,76)/b10-7-,11-8-,19-16-,20-17-,28-25-,29-26-,33-31-,34-27-,42-39-. The Hall–Kier alpha value is -4.62. The van der Waals surface area contributed by atoms with Crippen LogP contribution in [0.5, 0.6) is 0 Å². The summed E-state index contributed by atoms with van der Waals surface area (Å²) in [5.74, 6) is -3.19. The highest BCUT2D eigenvalue weighted by Crippen LogP contribution is 2.26. The highest BCUT2D eigenvalue weighted by atomic mass is 16.7. The smallest absolute Gasteiger partial charge is 0.335 e. The summed E-state index contributed by atoms with van der Waals surface area (Å²) in [7, 11) is 0. The third-order valence-electron chi connectivity index (χ3n) is 13.8. The molecule has 1 aliphatic rings. The average Bonchev–Trinajstić information content (AvgIpc) is 3.54. The minimum Gasteiger partial charge on any atom is -0.479 e. The molecule has 0 aromatic rings. The summed E-state index contributed by atoms with van der Waals surface area (Å²) in [6.45, 7) is 5.75. The van der Waals surface area contributed by atoms with Crippen LogP contribution in [0.1, 0.15) is 252 Å². The van der Waals surface area contributed by atoms with Crippen LogP contribution in [0.15, 0.2) is 109 Å². The lowest BCUT2D eigenvalue weighted by Crippen LogP contribution is -2.61. The van der Waals surface area contributed by atoms with Crippen LogP contribution in [0, 0.1) is 0 Å². The lowest BCUT2D eigenvalue weighted by molar-refractivity contribution is -0.301. The number of carboxylic acid groups (broad SMARTS) is 1. The van der Waals surface area contributed by atoms with E-state index in [1.165, 1.54) is 44.9 Å². The Balaban J connectivity index is 2.70. The summed E-state index contributed by atoms with van der Waals surface area (Å²) in [6.07, 6.45) is 63.3. The highest BCUT2D eigenvalue weighted by molar-refractivity contribution is 5.74. The predicted molar refractivity (Wildman–Crippen MR) is 330 cm³/mol. The van der Waals surface area contributed by atoms with Crippen molar-refractivity contribution in [1.29, 1.82) is 0 Å². The second-order valence-electron chi connectivity index (χ2n) is 21.3. The molecule has 6 atom stereocenters. The molecule has 460 valence electrons. The maximum absolute atomic E-state index is 13.2. The van der Waals surface area contributed by atoms with Gasteiger partial charge in [-0.3, -0.25) is 14.4 Å². The van der Waals surface area contributed by atoms with Crippen molar-refractivity contribution in [3.8, 4) is 0 Å². The number of aliphatic carboxylic acids is 1. The van der Waals surface area contributed by atoms with Gasteiger partial charge < -0.3 is 39.0 Å². The van der Waals surface area contributed by atoms with Gasteiger partial charge in [0.05, 0.1) is 6.61 Å². The van der Waals surface area contributed by atoms with Crippen molar-refractivity contribution in [1.82, 2.24) is 0 Å². The first-order valence-electron chi connectivity index (χ1n) is 31.9. The van der Waals surface area contributed by atoms with Crippen LogP contribution in [0.4, 0.5) is 0 Å². The van der Waals surface area contributed by atoms with Crippen LogP contribution in [0.3, 0.4) is 0 Å². The average molecular weight is 1130 g/mol. The summed E-state index contributed by atoms with van der Waals surface area (Å²) in [5.41, 5.74) is 0. The number of esters is 3. The quantitative estimate of drug-likeness (QED) is 0.0228. The van der Waals surface area contributed by atoms with Crippen LogP contribution >= 0.6 is 0 Å². The molecule has 1 heterocycles. The van der Waals surface area contributed by atoms with Crippen molar-refractivity contribution in [3.05, 3.63) is 109 Å². The van der Waals surface area contributed by atoms with Gasteiger partial charge in [0.2, 0.25) is 0 Å². The zero-order valence-corrected chi connectivity index (χ0v) is 50.7. The zero-order valence-electron chi connectivity index (χ0n) is 50.7. The minimum absolute atomic E-state index is 0.0147. The number of hydrogen-bond donors (Lipinski definition) is 3. The van der Waals surface area contributed by atoms with Gasteiger partial charge in [-0.15, -0.1) is 0 Å². The Morgan fingerprint density at radius 3 is 1.21 bits per heavy atom. The normalized spacial score (nSPS) is 18.5. The first-order valence-corrected chi connectivity index (χ1v) is 31.9. The van der Waals surface area contributed by atoms with Crippen molar-refractivity contribution in [2.45, 2.75) is 289 Å². The molecule has 12 nitrogen and oxygen atoms in total. The fourth-order valence-electron chi connectivity index (χ4n) is 8.99. The molecule has 0 aromatic heterocycles. The summed E-state index contributed by atoms with van der Waals surface area (Å²) >= 11 is 0. The van der Waals surface area contributed by atoms with Gasteiger partial charge in [-0.1, -0.05) is 220 Å². The van der Waals surface area contributed by atoms with Crippen LogP contribution in [-0.4, -0.2) is 89.2 Å². The zero-order chi connectivity index (χ0) is 58.9. The number of allylic oxidation sites excluding steroid dienone is 18. The van der Waals surface area contributed by atoms with Gasteiger partial charge >= 0.3 is 23.9 Å². The first kappa shape index (κ1) is 74.4. The SMILES string of the molecule is CC/C=C\C/C=C\C/C=C\C/C=C\C/C=C\CCCCCC(=O)OC1C(OCC(COC(=O)CCCCCCCCC/C=C\C/C=C\C/C=C\CC)OC(=O)CCCCCCC/C=C\CCCCCCCC)OC(C(=O)O)C(O)C1O. The van der Waals surface area contributed by atoms with Crippen LogP contribution in [0.25, 0.3) is 0 Å². The van der Waals surface area contributed by atoms with Gasteiger partial charge in [0.1, 0.15) is 18.8 Å². The van der Waals surface area contributed by atoms with E-state index in [4.69, 9.17) is 23.7 Å². The van der Waals surface area contributed by atoms with Crippen molar-refractivity contribution in [2.75, 3.05) is 13.2 Å². The van der Waals surface area contributed by atoms with Crippen molar-refractivity contribution < 1.29 is 58.2 Å². The molecule has 0 spiro atoms. The Bertz CT molecular complexity index is 1820. The van der Waals surface area contributed by atoms with E-state index in [1.807, 2.05) is 0 Å². The van der Waals surface area contributed by atoms with Gasteiger partial charge in [0, 0.05) is 19.3 Å². The molecular weight excluding hydrogens is 1020 g/mol. The Labute approximate surface area is 491 Å². The second kappa shape index (κ2) is 55.9. The topological polar surface area (TPSA) is 175 Å². The monoisotopic (exact) mass is 1130 g/mol. The van der Waals surface area contributed by atoms with E-state index in [-0.39, 0.29) is 25.9 Å². The summed E-state index contributed by atoms with van der Waals surface area (Å²) in [4.78, 5) is 51.3. The molecule has 3 N–H and O–H groups in total. The van der Waals surface area contributed by atoms with Gasteiger partial charge in [-0.05, 0) is 122 Å². The third-order valence-corrected chi connectivity index (χ3v) is 13.8. The molecular formula is C69H112O12. The minimum atomic E-state index is -1.92. The largest absolute Gasteiger partial charge is 0.479 e. The molecule has 1 saturated heterocycles. The van der Waals surface area contributed by atoms with E-state index in [0.717, 1.165) is 148 Å². The van der Waals surface area contributed by atoms with E-state index < -0.39 is 67.3 Å². The third kappa shape index (κ3) is 45.6. The highest BCUT2D eigenvalue weighted by Gasteiger charge is 2.50. The molecule has 1 aliphatic heterocycles. The first-order chi connectivity index (χ1) is 39.6. The number of carboxylic acids is 1. The molecule has 6 unspecified atom stereocenters. The second-order valence-corrected chi connectivity index (χ2v) is 21.3. The van der Waals surface area contributed by atoms with Gasteiger partial charge in [0.15, 0.2) is 24.6 Å². The lowest BCUT2D eigenvalue weighted by atomic mass is 9.98. The molecule has 0 bridgehead atoms. The number of aliphatic hydroxyl groups excluding tert-OH is 2. The molecule has 12 heteroatoms. The number of unbranched alkanes of at least 4 members (excludes halogenated alkanes) is 21. The Morgan fingerprint density at radius 1 is 0.420 bits per heavy atom. The van der Waals surface area contributed by atoms with Crippen LogP contribution < -0.4 is 0 Å². The number of carbonyl (C=O) groups is 4. The Morgan fingerprint density at radius 2 is 0.778 bits per heavy atom. The Kier molecular flexibility index (Phi) is 51.3. The molecule has 0 saturated carbocycles. The fourth-order valence-corrected chi connectivity index (χ4v) is 8.99. The molecule has 0 amide bonds. The fraction of sp³-hybridized carbons (Fsp3) is 0.681. The molecule has 0 aromatic carbocycles. The number of rotatable bonds is 53.